The Balaban J connectivity index is 2.19. The SMILES string of the molecule is CN1CC(=O)NC1=NC(=O)c1ccc(C#N)cc1. The lowest BCUT2D eigenvalue weighted by atomic mass is 10.1. The molecule has 1 aromatic carbocycles. The van der Waals surface area contributed by atoms with Gasteiger partial charge in [0.05, 0.1) is 18.2 Å². The van der Waals surface area contributed by atoms with Crippen LogP contribution in [0, 0.1) is 11.3 Å². The van der Waals surface area contributed by atoms with Crippen LogP contribution in [0.1, 0.15) is 15.9 Å². The van der Waals surface area contributed by atoms with E-state index in [-0.39, 0.29) is 18.4 Å². The maximum absolute atomic E-state index is 11.8. The largest absolute Gasteiger partial charge is 0.336 e. The number of nitrogens with one attached hydrogen (secondary N) is 1. The number of carbonyl (C=O) groups excluding carboxylic acids is 2. The maximum Gasteiger partial charge on any atom is 0.280 e. The van der Waals surface area contributed by atoms with Gasteiger partial charge in [-0.15, -0.1) is 0 Å². The molecule has 90 valence electrons. The molecule has 0 atom stereocenters. The molecule has 0 spiro atoms. The van der Waals surface area contributed by atoms with Gasteiger partial charge in [0.15, 0.2) is 0 Å². The van der Waals surface area contributed by atoms with Crippen LogP contribution in [-0.2, 0) is 4.79 Å². The molecule has 0 bridgehead atoms. The van der Waals surface area contributed by atoms with Crippen LogP contribution in [0.3, 0.4) is 0 Å². The first-order valence-corrected chi connectivity index (χ1v) is 5.24. The Hall–Kier alpha value is -2.68. The number of carbonyl (C=O) groups is 2. The van der Waals surface area contributed by atoms with Gasteiger partial charge in [0.25, 0.3) is 5.91 Å². The summed E-state index contributed by atoms with van der Waals surface area (Å²) in [6.45, 7) is 0.194. The normalized spacial score (nSPS) is 16.6. The lowest BCUT2D eigenvalue weighted by Gasteiger charge is -2.07. The molecular formula is C12H10N4O2. The third kappa shape index (κ3) is 2.35. The van der Waals surface area contributed by atoms with Crippen molar-refractivity contribution in [2.24, 2.45) is 4.99 Å². The van der Waals surface area contributed by atoms with E-state index >= 15 is 0 Å². The zero-order valence-corrected chi connectivity index (χ0v) is 9.67. The molecule has 0 aliphatic carbocycles. The third-order valence-corrected chi connectivity index (χ3v) is 2.46. The van der Waals surface area contributed by atoms with E-state index in [2.05, 4.69) is 10.3 Å². The molecule has 0 aromatic heterocycles. The van der Waals surface area contributed by atoms with E-state index < -0.39 is 5.91 Å². The summed E-state index contributed by atoms with van der Waals surface area (Å²) in [5.74, 6) is -0.401. The predicted octanol–water partition coefficient (Wildman–Crippen LogP) is 0.116. The first-order chi connectivity index (χ1) is 8.60. The van der Waals surface area contributed by atoms with Crippen LogP contribution in [-0.4, -0.2) is 36.3 Å². The molecule has 1 fully saturated rings. The van der Waals surface area contributed by atoms with Crippen molar-refractivity contribution in [3.63, 3.8) is 0 Å². The van der Waals surface area contributed by atoms with E-state index in [0.29, 0.717) is 11.1 Å². The third-order valence-electron chi connectivity index (χ3n) is 2.46. The monoisotopic (exact) mass is 242 g/mol. The summed E-state index contributed by atoms with van der Waals surface area (Å²) in [4.78, 5) is 28.3. The average Bonchev–Trinajstić information content (AvgIpc) is 2.68. The number of guanidine groups is 1. The van der Waals surface area contributed by atoms with Crippen molar-refractivity contribution in [2.45, 2.75) is 0 Å². The predicted molar refractivity (Wildman–Crippen MR) is 63.7 cm³/mol. The molecule has 1 saturated heterocycles. The molecule has 6 heteroatoms. The second kappa shape index (κ2) is 4.67. The summed E-state index contributed by atoms with van der Waals surface area (Å²) in [6, 6.07) is 8.12. The van der Waals surface area contributed by atoms with Crippen LogP contribution in [0.2, 0.25) is 0 Å². The Morgan fingerprint density at radius 1 is 1.44 bits per heavy atom. The quantitative estimate of drug-likeness (QED) is 0.757. The minimum absolute atomic E-state index is 0.191. The number of hydrogen-bond donors (Lipinski definition) is 1. The fraction of sp³-hybridized carbons (Fsp3) is 0.167. The molecule has 1 N–H and O–H groups in total. The molecule has 1 aliphatic rings. The summed E-state index contributed by atoms with van der Waals surface area (Å²) in [5, 5.41) is 11.1. The molecule has 2 amide bonds. The van der Waals surface area contributed by atoms with Crippen molar-refractivity contribution in [1.29, 1.82) is 5.26 Å². The second-order valence-electron chi connectivity index (χ2n) is 3.83. The highest BCUT2D eigenvalue weighted by Gasteiger charge is 2.22. The smallest absolute Gasteiger partial charge is 0.280 e. The van der Waals surface area contributed by atoms with Crippen LogP contribution < -0.4 is 5.32 Å². The highest BCUT2D eigenvalue weighted by molar-refractivity contribution is 6.10. The van der Waals surface area contributed by atoms with E-state index in [4.69, 9.17) is 5.26 Å². The number of aliphatic imine (C=N–C) groups is 1. The fourth-order valence-corrected chi connectivity index (χ4v) is 1.51. The molecule has 1 aliphatic heterocycles. The molecule has 0 saturated carbocycles. The summed E-state index contributed by atoms with van der Waals surface area (Å²) >= 11 is 0. The topological polar surface area (TPSA) is 85.6 Å². The van der Waals surface area contributed by atoms with Crippen molar-refractivity contribution in [3.8, 4) is 6.07 Å². The first kappa shape index (κ1) is 11.8. The minimum Gasteiger partial charge on any atom is -0.336 e. The van der Waals surface area contributed by atoms with E-state index in [1.165, 1.54) is 12.1 Å². The van der Waals surface area contributed by atoms with Gasteiger partial charge >= 0.3 is 0 Å². The summed E-state index contributed by atoms with van der Waals surface area (Å²) in [5.41, 5.74) is 0.849. The number of benzene rings is 1. The number of nitrogens with zero attached hydrogens (tertiary/aromatic N) is 3. The van der Waals surface area contributed by atoms with Crippen LogP contribution >= 0.6 is 0 Å². The lowest BCUT2D eigenvalue weighted by Crippen LogP contribution is -2.28. The zero-order chi connectivity index (χ0) is 13.1. The van der Waals surface area contributed by atoms with Gasteiger partial charge in [0.1, 0.15) is 0 Å². The molecule has 0 radical (unpaired) electrons. The van der Waals surface area contributed by atoms with Crippen LogP contribution in [0.4, 0.5) is 0 Å². The molecule has 6 nitrogen and oxygen atoms in total. The highest BCUT2D eigenvalue weighted by atomic mass is 16.2. The Morgan fingerprint density at radius 2 is 2.11 bits per heavy atom. The van der Waals surface area contributed by atoms with Gasteiger partial charge < -0.3 is 4.90 Å². The van der Waals surface area contributed by atoms with Gasteiger partial charge in [0.2, 0.25) is 11.9 Å². The van der Waals surface area contributed by atoms with Crippen LogP contribution in [0.15, 0.2) is 29.3 Å². The molecule has 1 heterocycles. The van der Waals surface area contributed by atoms with E-state index in [1.54, 1.807) is 24.1 Å². The number of amides is 2. The Labute approximate surface area is 104 Å². The molecular weight excluding hydrogens is 232 g/mol. The van der Waals surface area contributed by atoms with E-state index in [1.807, 2.05) is 6.07 Å². The lowest BCUT2D eigenvalue weighted by molar-refractivity contribution is -0.118. The van der Waals surface area contributed by atoms with Crippen LogP contribution in [0.25, 0.3) is 0 Å². The number of rotatable bonds is 1. The van der Waals surface area contributed by atoms with Crippen molar-refractivity contribution in [2.75, 3.05) is 13.6 Å². The first-order valence-electron chi connectivity index (χ1n) is 5.24. The van der Waals surface area contributed by atoms with Gasteiger partial charge in [-0.05, 0) is 24.3 Å². The van der Waals surface area contributed by atoms with Gasteiger partial charge in [-0.2, -0.15) is 10.3 Å². The van der Waals surface area contributed by atoms with Crippen molar-refractivity contribution >= 4 is 17.8 Å². The highest BCUT2D eigenvalue weighted by Crippen LogP contribution is 2.06. The van der Waals surface area contributed by atoms with Gasteiger partial charge in [-0.3, -0.25) is 14.9 Å². The summed E-state index contributed by atoms with van der Waals surface area (Å²) < 4.78 is 0. The van der Waals surface area contributed by atoms with Gasteiger partial charge in [-0.25, -0.2) is 0 Å². The van der Waals surface area contributed by atoms with Crippen molar-refractivity contribution in [3.05, 3.63) is 35.4 Å². The Bertz CT molecular complexity index is 569. The summed E-state index contributed by atoms with van der Waals surface area (Å²) in [6.07, 6.45) is 0. The number of hydrogen-bond acceptors (Lipinski definition) is 3. The molecule has 1 aromatic rings. The van der Waals surface area contributed by atoms with Crippen molar-refractivity contribution < 1.29 is 9.59 Å². The average molecular weight is 242 g/mol. The number of nitriles is 1. The van der Waals surface area contributed by atoms with E-state index in [0.717, 1.165) is 0 Å². The zero-order valence-electron chi connectivity index (χ0n) is 9.67. The standard InChI is InChI=1S/C12H10N4O2/c1-16-7-10(17)14-12(16)15-11(18)9-4-2-8(6-13)3-5-9/h2-5H,7H2,1H3,(H,14,15,17,18). The molecule has 18 heavy (non-hydrogen) atoms. The Morgan fingerprint density at radius 3 is 2.61 bits per heavy atom. The van der Waals surface area contributed by atoms with Crippen LogP contribution in [0.5, 0.6) is 0 Å². The van der Waals surface area contributed by atoms with Gasteiger partial charge in [-0.1, -0.05) is 0 Å². The fourth-order valence-electron chi connectivity index (χ4n) is 1.51. The maximum atomic E-state index is 11.8. The molecule has 0 unspecified atom stereocenters. The Kier molecular flexibility index (Phi) is 3.06. The van der Waals surface area contributed by atoms with E-state index in [9.17, 15) is 9.59 Å². The number of likely N-dealkylation sites (N-methyl/N-ethyl adjacent to an activating group) is 1. The minimum atomic E-state index is -0.455. The summed E-state index contributed by atoms with van der Waals surface area (Å²) in [7, 11) is 1.67. The second-order valence-corrected chi connectivity index (χ2v) is 3.83. The van der Waals surface area contributed by atoms with Gasteiger partial charge in [0, 0.05) is 12.6 Å². The molecule has 2 rings (SSSR count). The van der Waals surface area contributed by atoms with Crippen molar-refractivity contribution in [1.82, 2.24) is 10.2 Å².